The fourth-order valence-electron chi connectivity index (χ4n) is 2.51. The van der Waals surface area contributed by atoms with Gasteiger partial charge in [0.2, 0.25) is 0 Å². The molecule has 2 aliphatic heterocycles. The Morgan fingerprint density at radius 2 is 1.95 bits per heavy atom. The fourth-order valence-corrected chi connectivity index (χ4v) is 2.78. The van der Waals surface area contributed by atoms with Crippen LogP contribution in [-0.4, -0.2) is 66.3 Å². The van der Waals surface area contributed by atoms with Gasteiger partial charge in [0.05, 0.1) is 0 Å². The first-order valence-corrected chi connectivity index (χ1v) is 7.92. The number of hydrogen-bond acceptors (Lipinski definition) is 3. The largest absolute Gasteiger partial charge is 0.368 e. The zero-order chi connectivity index (χ0) is 14.5. The van der Waals surface area contributed by atoms with Gasteiger partial charge in [-0.25, -0.2) is 0 Å². The second-order valence-electron chi connectivity index (χ2n) is 5.89. The van der Waals surface area contributed by atoms with Crippen molar-refractivity contribution in [3.63, 3.8) is 0 Å². The zero-order valence-electron chi connectivity index (χ0n) is 12.4. The van der Waals surface area contributed by atoms with Crippen molar-refractivity contribution in [3.8, 4) is 0 Å². The normalized spacial score (nSPS) is 23.2. The molecule has 0 bridgehead atoms. The van der Waals surface area contributed by atoms with Crippen LogP contribution < -0.4 is 5.32 Å². The highest BCUT2D eigenvalue weighted by molar-refractivity contribution is 7.80. The van der Waals surface area contributed by atoms with E-state index in [0.29, 0.717) is 5.92 Å². The van der Waals surface area contributed by atoms with Crippen molar-refractivity contribution in [2.45, 2.75) is 32.8 Å². The Labute approximate surface area is 126 Å². The lowest BCUT2D eigenvalue weighted by molar-refractivity contribution is -0.142. The quantitative estimate of drug-likeness (QED) is 0.783. The second kappa shape index (κ2) is 7.22. The molecule has 20 heavy (non-hydrogen) atoms. The van der Waals surface area contributed by atoms with Crippen molar-refractivity contribution in [2.24, 2.45) is 5.92 Å². The third-order valence-electron chi connectivity index (χ3n) is 3.75. The van der Waals surface area contributed by atoms with Gasteiger partial charge < -0.3 is 19.9 Å². The summed E-state index contributed by atoms with van der Waals surface area (Å²) in [7, 11) is 0. The second-order valence-corrected chi connectivity index (χ2v) is 6.28. The molecule has 0 aromatic carbocycles. The third-order valence-corrected chi connectivity index (χ3v) is 4.15. The molecule has 1 N–H and O–H groups in total. The minimum absolute atomic E-state index is 0.156. The van der Waals surface area contributed by atoms with Crippen LogP contribution in [0.1, 0.15) is 26.7 Å². The van der Waals surface area contributed by atoms with Crippen LogP contribution in [0.15, 0.2) is 0 Å². The highest BCUT2D eigenvalue weighted by atomic mass is 32.1. The van der Waals surface area contributed by atoms with Crippen LogP contribution in [-0.2, 0) is 9.53 Å². The van der Waals surface area contributed by atoms with Crippen molar-refractivity contribution in [1.29, 1.82) is 0 Å². The SMILES string of the molecule is CC(C)CNC(=S)N1CCN(C(=O)C2CCCO2)CC1. The summed E-state index contributed by atoms with van der Waals surface area (Å²) >= 11 is 5.39. The minimum Gasteiger partial charge on any atom is -0.368 e. The van der Waals surface area contributed by atoms with E-state index in [9.17, 15) is 4.79 Å². The van der Waals surface area contributed by atoms with E-state index in [2.05, 4.69) is 24.1 Å². The Morgan fingerprint density at radius 1 is 1.30 bits per heavy atom. The Bertz CT molecular complexity index is 348. The molecule has 2 aliphatic rings. The van der Waals surface area contributed by atoms with Gasteiger partial charge in [0, 0.05) is 39.3 Å². The average molecular weight is 299 g/mol. The lowest BCUT2D eigenvalue weighted by Gasteiger charge is -2.37. The van der Waals surface area contributed by atoms with E-state index in [1.54, 1.807) is 0 Å². The number of rotatable bonds is 3. The molecular formula is C14H25N3O2S. The first kappa shape index (κ1) is 15.5. The Kier molecular flexibility index (Phi) is 5.60. The number of carbonyl (C=O) groups is 1. The van der Waals surface area contributed by atoms with Crippen LogP contribution >= 0.6 is 12.2 Å². The van der Waals surface area contributed by atoms with Gasteiger partial charge in [-0.1, -0.05) is 13.8 Å². The summed E-state index contributed by atoms with van der Waals surface area (Å²) in [5.41, 5.74) is 0. The van der Waals surface area contributed by atoms with E-state index < -0.39 is 0 Å². The number of nitrogens with one attached hydrogen (secondary N) is 1. The Morgan fingerprint density at radius 3 is 2.50 bits per heavy atom. The van der Waals surface area contributed by atoms with Gasteiger partial charge in [0.1, 0.15) is 6.10 Å². The van der Waals surface area contributed by atoms with Gasteiger partial charge in [-0.2, -0.15) is 0 Å². The summed E-state index contributed by atoms with van der Waals surface area (Å²) in [6, 6.07) is 0. The van der Waals surface area contributed by atoms with Crippen molar-refractivity contribution in [3.05, 3.63) is 0 Å². The van der Waals surface area contributed by atoms with Crippen LogP contribution in [0.4, 0.5) is 0 Å². The van der Waals surface area contributed by atoms with Gasteiger partial charge in [0.15, 0.2) is 5.11 Å². The molecule has 0 aromatic heterocycles. The molecule has 2 fully saturated rings. The molecule has 6 heteroatoms. The topological polar surface area (TPSA) is 44.8 Å². The zero-order valence-corrected chi connectivity index (χ0v) is 13.2. The predicted octanol–water partition coefficient (Wildman–Crippen LogP) is 0.840. The Hall–Kier alpha value is -0.880. The molecule has 0 spiro atoms. The summed E-state index contributed by atoms with van der Waals surface area (Å²) in [4.78, 5) is 16.3. The predicted molar refractivity (Wildman–Crippen MR) is 82.6 cm³/mol. The lowest BCUT2D eigenvalue weighted by Crippen LogP contribution is -2.55. The summed E-state index contributed by atoms with van der Waals surface area (Å²) in [5, 5.41) is 4.09. The fraction of sp³-hybridized carbons (Fsp3) is 0.857. The molecule has 0 radical (unpaired) electrons. The number of hydrogen-bond donors (Lipinski definition) is 1. The van der Waals surface area contributed by atoms with E-state index in [-0.39, 0.29) is 12.0 Å². The molecule has 114 valence electrons. The van der Waals surface area contributed by atoms with Crippen LogP contribution in [0.2, 0.25) is 0 Å². The van der Waals surface area contributed by atoms with Gasteiger partial charge in [-0.15, -0.1) is 0 Å². The first-order valence-electron chi connectivity index (χ1n) is 7.51. The smallest absolute Gasteiger partial charge is 0.251 e. The average Bonchev–Trinajstić information content (AvgIpc) is 2.98. The number of nitrogens with zero attached hydrogens (tertiary/aromatic N) is 2. The molecule has 2 heterocycles. The van der Waals surface area contributed by atoms with Gasteiger partial charge in [-0.3, -0.25) is 4.79 Å². The monoisotopic (exact) mass is 299 g/mol. The van der Waals surface area contributed by atoms with E-state index in [4.69, 9.17) is 17.0 Å². The van der Waals surface area contributed by atoms with Gasteiger partial charge >= 0.3 is 0 Å². The maximum absolute atomic E-state index is 12.2. The van der Waals surface area contributed by atoms with Crippen molar-refractivity contribution >= 4 is 23.2 Å². The number of ether oxygens (including phenoxy) is 1. The molecule has 2 rings (SSSR count). The molecule has 2 saturated heterocycles. The minimum atomic E-state index is -0.201. The summed E-state index contributed by atoms with van der Waals surface area (Å²) in [6.45, 7) is 9.03. The molecular weight excluding hydrogens is 274 g/mol. The molecule has 0 aliphatic carbocycles. The van der Waals surface area contributed by atoms with E-state index in [1.165, 1.54) is 0 Å². The van der Waals surface area contributed by atoms with E-state index in [0.717, 1.165) is 57.3 Å². The van der Waals surface area contributed by atoms with Crippen molar-refractivity contribution in [2.75, 3.05) is 39.3 Å². The lowest BCUT2D eigenvalue weighted by atomic mass is 10.2. The van der Waals surface area contributed by atoms with Gasteiger partial charge in [-0.05, 0) is 31.0 Å². The van der Waals surface area contributed by atoms with Crippen LogP contribution in [0.25, 0.3) is 0 Å². The standard InChI is InChI=1S/C14H25N3O2S/c1-11(2)10-15-14(20)17-7-5-16(6-8-17)13(18)12-4-3-9-19-12/h11-12H,3-10H2,1-2H3,(H,15,20). The van der Waals surface area contributed by atoms with Crippen molar-refractivity contribution in [1.82, 2.24) is 15.1 Å². The molecule has 1 amide bonds. The Balaban J connectivity index is 1.74. The molecule has 5 nitrogen and oxygen atoms in total. The molecule has 0 saturated carbocycles. The first-order chi connectivity index (χ1) is 9.58. The maximum atomic E-state index is 12.2. The molecule has 0 aromatic rings. The van der Waals surface area contributed by atoms with Crippen LogP contribution in [0.3, 0.4) is 0 Å². The highest BCUT2D eigenvalue weighted by Crippen LogP contribution is 2.16. The summed E-state index contributed by atoms with van der Waals surface area (Å²) < 4.78 is 5.46. The number of piperazine rings is 1. The van der Waals surface area contributed by atoms with Crippen molar-refractivity contribution < 1.29 is 9.53 Å². The maximum Gasteiger partial charge on any atom is 0.251 e. The van der Waals surface area contributed by atoms with Crippen LogP contribution in [0.5, 0.6) is 0 Å². The third kappa shape index (κ3) is 4.06. The van der Waals surface area contributed by atoms with Gasteiger partial charge in [0.25, 0.3) is 5.91 Å². The number of amides is 1. The summed E-state index contributed by atoms with van der Waals surface area (Å²) in [5.74, 6) is 0.735. The molecule has 1 unspecified atom stereocenters. The highest BCUT2D eigenvalue weighted by Gasteiger charge is 2.30. The van der Waals surface area contributed by atoms with Crippen LogP contribution in [0, 0.1) is 5.92 Å². The number of carbonyl (C=O) groups excluding carboxylic acids is 1. The van der Waals surface area contributed by atoms with E-state index in [1.807, 2.05) is 4.90 Å². The van der Waals surface area contributed by atoms with E-state index >= 15 is 0 Å². The summed E-state index contributed by atoms with van der Waals surface area (Å²) in [6.07, 6.45) is 1.67. The molecule has 1 atom stereocenters. The number of thiocarbonyl (C=S) groups is 1.